The topological polar surface area (TPSA) is 74.6 Å². The summed E-state index contributed by atoms with van der Waals surface area (Å²) in [7, 11) is -0.668. The normalized spacial score (nSPS) is 12.6. The lowest BCUT2D eigenvalue weighted by molar-refractivity contribution is -0.879. The molecule has 82 valence electrons. The molecule has 0 saturated heterocycles. The fourth-order valence-corrected chi connectivity index (χ4v) is 2.22. The molecule has 2 N–H and O–H groups in total. The SMILES string of the molecule is C=CC(=O)CC[N+](C)(C)CP(=O)(O)O. The summed E-state index contributed by atoms with van der Waals surface area (Å²) in [5.41, 5.74) is 0. The molecule has 0 rings (SSSR count). The average Bonchev–Trinajstić information content (AvgIpc) is 1.96. The summed E-state index contributed by atoms with van der Waals surface area (Å²) in [4.78, 5) is 28.4. The number of quaternary nitrogens is 1. The van der Waals surface area contributed by atoms with Gasteiger partial charge in [0.05, 0.1) is 27.1 Å². The Morgan fingerprint density at radius 2 is 2.00 bits per heavy atom. The van der Waals surface area contributed by atoms with Crippen molar-refractivity contribution in [1.29, 1.82) is 0 Å². The molecule has 0 heterocycles. The smallest absolute Gasteiger partial charge is 0.321 e. The molecule has 14 heavy (non-hydrogen) atoms. The van der Waals surface area contributed by atoms with Crippen molar-refractivity contribution in [2.75, 3.05) is 26.9 Å². The lowest BCUT2D eigenvalue weighted by atomic mass is 10.2. The fraction of sp³-hybridized carbons (Fsp3) is 0.625. The molecule has 0 spiro atoms. The van der Waals surface area contributed by atoms with E-state index in [1.54, 1.807) is 14.1 Å². The van der Waals surface area contributed by atoms with Crippen molar-refractivity contribution in [2.45, 2.75) is 6.42 Å². The van der Waals surface area contributed by atoms with E-state index in [0.717, 1.165) is 0 Å². The van der Waals surface area contributed by atoms with Crippen LogP contribution in [0, 0.1) is 0 Å². The first-order valence-electron chi connectivity index (χ1n) is 4.18. The van der Waals surface area contributed by atoms with Gasteiger partial charge in [-0.15, -0.1) is 0 Å². The van der Waals surface area contributed by atoms with E-state index >= 15 is 0 Å². The molecule has 0 aromatic heterocycles. The minimum absolute atomic E-state index is 0.109. The van der Waals surface area contributed by atoms with Gasteiger partial charge in [0.25, 0.3) is 0 Å². The molecule has 0 aromatic rings. The number of rotatable bonds is 6. The molecule has 0 aliphatic carbocycles. The van der Waals surface area contributed by atoms with Gasteiger partial charge in [0, 0.05) is 0 Å². The summed E-state index contributed by atoms with van der Waals surface area (Å²) in [5.74, 6) is -0.109. The zero-order valence-electron chi connectivity index (χ0n) is 8.51. The molecular formula is C8H17NO4P+. The molecule has 0 unspecified atom stereocenters. The van der Waals surface area contributed by atoms with E-state index in [4.69, 9.17) is 9.79 Å². The molecule has 0 bridgehead atoms. The van der Waals surface area contributed by atoms with Crippen LogP contribution in [0.15, 0.2) is 12.7 Å². The maximum Gasteiger partial charge on any atom is 0.379 e. The third-order valence-electron chi connectivity index (χ3n) is 1.76. The third kappa shape index (κ3) is 6.97. The van der Waals surface area contributed by atoms with Crippen molar-refractivity contribution in [2.24, 2.45) is 0 Å². The first kappa shape index (κ1) is 13.5. The Labute approximate surface area is 83.8 Å². The molecule has 0 aromatic carbocycles. The van der Waals surface area contributed by atoms with E-state index in [1.807, 2.05) is 0 Å². The Bertz CT molecular complexity index is 269. The second-order valence-corrected chi connectivity index (χ2v) is 5.50. The quantitative estimate of drug-likeness (QED) is 0.386. The van der Waals surface area contributed by atoms with Gasteiger partial charge in [-0.3, -0.25) is 9.36 Å². The van der Waals surface area contributed by atoms with Crippen molar-refractivity contribution >= 4 is 13.4 Å². The van der Waals surface area contributed by atoms with Crippen molar-refractivity contribution in [3.8, 4) is 0 Å². The van der Waals surface area contributed by atoms with Crippen molar-refractivity contribution < 1.29 is 23.6 Å². The van der Waals surface area contributed by atoms with E-state index in [1.165, 1.54) is 6.08 Å². The largest absolute Gasteiger partial charge is 0.379 e. The second-order valence-electron chi connectivity index (χ2n) is 3.89. The van der Waals surface area contributed by atoms with Gasteiger partial charge in [-0.2, -0.15) is 0 Å². The van der Waals surface area contributed by atoms with Crippen LogP contribution < -0.4 is 0 Å². The molecular weight excluding hydrogens is 205 g/mol. The van der Waals surface area contributed by atoms with Crippen molar-refractivity contribution in [3.63, 3.8) is 0 Å². The molecule has 6 heteroatoms. The summed E-state index contributed by atoms with van der Waals surface area (Å²) >= 11 is 0. The summed E-state index contributed by atoms with van der Waals surface area (Å²) in [6.07, 6.45) is 1.23. The Hall–Kier alpha value is -0.480. The second kappa shape index (κ2) is 4.84. The fourth-order valence-electron chi connectivity index (χ4n) is 1.08. The number of allylic oxidation sites excluding steroid dienone is 1. The Morgan fingerprint density at radius 3 is 2.36 bits per heavy atom. The lowest BCUT2D eigenvalue weighted by Crippen LogP contribution is -2.41. The monoisotopic (exact) mass is 222 g/mol. The first-order valence-corrected chi connectivity index (χ1v) is 5.98. The number of hydrogen-bond donors (Lipinski definition) is 2. The van der Waals surface area contributed by atoms with E-state index in [-0.39, 0.29) is 23.0 Å². The predicted molar refractivity (Wildman–Crippen MR) is 53.7 cm³/mol. The average molecular weight is 222 g/mol. The highest BCUT2D eigenvalue weighted by Gasteiger charge is 2.27. The Balaban J connectivity index is 4.14. The van der Waals surface area contributed by atoms with Crippen LogP contribution in [0.25, 0.3) is 0 Å². The number of hydrogen-bond acceptors (Lipinski definition) is 2. The first-order chi connectivity index (χ1) is 6.16. The van der Waals surface area contributed by atoms with Crippen LogP contribution >= 0.6 is 7.60 Å². The maximum atomic E-state index is 10.9. The van der Waals surface area contributed by atoms with Crippen LogP contribution in [0.3, 0.4) is 0 Å². The van der Waals surface area contributed by atoms with E-state index < -0.39 is 7.60 Å². The molecule has 0 aliphatic heterocycles. The highest BCUT2D eigenvalue weighted by atomic mass is 31.2. The standard InChI is InChI=1S/C8H16NO4P/c1-4-8(10)5-6-9(2,3)7-14(11,12)13/h4H,1,5-7H2,2-3H3,(H-,11,12,13)/p+1. The predicted octanol–water partition coefficient (Wildman–Crippen LogP) is 0.343. The summed E-state index contributed by atoms with van der Waals surface area (Å²) < 4.78 is 10.9. The summed E-state index contributed by atoms with van der Waals surface area (Å²) in [5, 5.41) is 0. The van der Waals surface area contributed by atoms with Crippen LogP contribution in [0.2, 0.25) is 0 Å². The van der Waals surface area contributed by atoms with Gasteiger partial charge >= 0.3 is 7.60 Å². The van der Waals surface area contributed by atoms with Crippen LogP contribution in [-0.2, 0) is 9.36 Å². The zero-order valence-corrected chi connectivity index (χ0v) is 9.41. The van der Waals surface area contributed by atoms with Gasteiger partial charge in [0.2, 0.25) is 0 Å². The van der Waals surface area contributed by atoms with Crippen LogP contribution in [0.5, 0.6) is 0 Å². The van der Waals surface area contributed by atoms with Gasteiger partial charge in [-0.25, -0.2) is 0 Å². The minimum atomic E-state index is -4.02. The zero-order chi connectivity index (χ0) is 11.4. The van der Waals surface area contributed by atoms with Crippen molar-refractivity contribution in [3.05, 3.63) is 12.7 Å². The van der Waals surface area contributed by atoms with Gasteiger partial charge in [-0.1, -0.05) is 6.58 Å². The molecule has 5 nitrogen and oxygen atoms in total. The van der Waals surface area contributed by atoms with Crippen molar-refractivity contribution in [1.82, 2.24) is 0 Å². The highest BCUT2D eigenvalue weighted by Crippen LogP contribution is 2.36. The molecule has 0 radical (unpaired) electrons. The minimum Gasteiger partial charge on any atom is -0.321 e. The third-order valence-corrected chi connectivity index (χ3v) is 2.89. The van der Waals surface area contributed by atoms with Crippen LogP contribution in [0.1, 0.15) is 6.42 Å². The van der Waals surface area contributed by atoms with E-state index in [0.29, 0.717) is 6.54 Å². The van der Waals surface area contributed by atoms with Gasteiger partial charge in [0.1, 0.15) is 0 Å². The Morgan fingerprint density at radius 1 is 1.50 bits per heavy atom. The molecule has 0 fully saturated rings. The van der Waals surface area contributed by atoms with Crippen LogP contribution in [-0.4, -0.2) is 47.0 Å². The van der Waals surface area contributed by atoms with E-state index in [9.17, 15) is 9.36 Å². The number of nitrogens with zero attached hydrogens (tertiary/aromatic N) is 1. The number of ketones is 1. The van der Waals surface area contributed by atoms with E-state index in [2.05, 4.69) is 6.58 Å². The van der Waals surface area contributed by atoms with Gasteiger partial charge < -0.3 is 14.3 Å². The molecule has 0 amide bonds. The lowest BCUT2D eigenvalue weighted by Gasteiger charge is -2.29. The van der Waals surface area contributed by atoms with Gasteiger partial charge in [0.15, 0.2) is 12.1 Å². The summed E-state index contributed by atoms with van der Waals surface area (Å²) in [6.45, 7) is 3.72. The highest BCUT2D eigenvalue weighted by molar-refractivity contribution is 7.51. The number of carbonyl (C=O) groups is 1. The molecule has 0 saturated carbocycles. The summed E-state index contributed by atoms with van der Waals surface area (Å²) in [6, 6.07) is 0. The molecule has 0 atom stereocenters. The van der Waals surface area contributed by atoms with Crippen LogP contribution in [0.4, 0.5) is 0 Å². The Kier molecular flexibility index (Phi) is 4.68. The molecule has 0 aliphatic rings. The van der Waals surface area contributed by atoms with Gasteiger partial charge in [-0.05, 0) is 6.08 Å². The maximum absolute atomic E-state index is 10.9. The number of carbonyl (C=O) groups excluding carboxylic acids is 1.